The molecule has 0 unspecified atom stereocenters. The zero-order chi connectivity index (χ0) is 20.1. The highest BCUT2D eigenvalue weighted by Gasteiger charge is 2.38. The second-order valence-electron chi connectivity index (χ2n) is 7.73. The van der Waals surface area contributed by atoms with Crippen LogP contribution in [-0.4, -0.2) is 63.9 Å². The van der Waals surface area contributed by atoms with Crippen molar-refractivity contribution < 1.29 is 14.1 Å². The van der Waals surface area contributed by atoms with Gasteiger partial charge in [-0.1, -0.05) is 30.5 Å². The maximum Gasteiger partial charge on any atom is 0.442 e. The summed E-state index contributed by atoms with van der Waals surface area (Å²) < 4.78 is 11.5. The highest BCUT2D eigenvalue weighted by molar-refractivity contribution is 5.76. The van der Waals surface area contributed by atoms with Crippen molar-refractivity contribution in [2.45, 2.75) is 44.2 Å². The van der Waals surface area contributed by atoms with Crippen LogP contribution in [0.5, 0.6) is 0 Å². The van der Waals surface area contributed by atoms with Crippen molar-refractivity contribution >= 4 is 5.91 Å². The van der Waals surface area contributed by atoms with E-state index in [1.165, 1.54) is 23.8 Å². The minimum atomic E-state index is -0.665. The largest absolute Gasteiger partial charge is 0.442 e. The first-order valence-corrected chi connectivity index (χ1v) is 10.3. The molecule has 2 aromatic rings. The molecule has 0 spiro atoms. The number of amides is 1. The van der Waals surface area contributed by atoms with Crippen LogP contribution in [0.1, 0.15) is 32.1 Å². The second-order valence-corrected chi connectivity index (χ2v) is 7.73. The summed E-state index contributed by atoms with van der Waals surface area (Å²) in [4.78, 5) is 31.4. The molecule has 1 aliphatic heterocycles. The van der Waals surface area contributed by atoms with Gasteiger partial charge in [-0.2, -0.15) is 0 Å². The third kappa shape index (κ3) is 4.40. The van der Waals surface area contributed by atoms with Crippen LogP contribution in [0.2, 0.25) is 0 Å². The van der Waals surface area contributed by atoms with E-state index in [-0.39, 0.29) is 23.8 Å². The average molecular weight is 401 g/mol. The highest BCUT2D eigenvalue weighted by Crippen LogP contribution is 2.33. The highest BCUT2D eigenvalue weighted by atomic mass is 16.5. The lowest BCUT2D eigenvalue weighted by atomic mass is 9.79. The summed E-state index contributed by atoms with van der Waals surface area (Å²) in [6.07, 6.45) is 7.32. The van der Waals surface area contributed by atoms with Gasteiger partial charge in [0.25, 0.3) is 0 Å². The van der Waals surface area contributed by atoms with E-state index in [0.29, 0.717) is 12.2 Å². The number of carbonyl (C=O) groups is 1. The fourth-order valence-electron chi connectivity index (χ4n) is 4.40. The summed E-state index contributed by atoms with van der Waals surface area (Å²) in [5.74, 6) is -0.640. The molecule has 9 nitrogen and oxygen atoms in total. The molecule has 1 saturated heterocycles. The Labute approximate surface area is 169 Å². The number of nitrogens with zero attached hydrogens (tertiary/aromatic N) is 4. The molecule has 3 heterocycles. The Kier molecular flexibility index (Phi) is 6.05. The molecule has 0 atom stereocenters. The summed E-state index contributed by atoms with van der Waals surface area (Å²) >= 11 is 0. The van der Waals surface area contributed by atoms with Crippen molar-refractivity contribution in [3.8, 4) is 11.5 Å². The fraction of sp³-hybridized carbons (Fsp3) is 0.600. The maximum absolute atomic E-state index is 12.7. The Morgan fingerprint density at radius 3 is 2.69 bits per heavy atom. The fourth-order valence-corrected chi connectivity index (χ4v) is 4.40. The zero-order valence-electron chi connectivity index (χ0n) is 16.5. The summed E-state index contributed by atoms with van der Waals surface area (Å²) in [6.45, 7) is 3.69. The van der Waals surface area contributed by atoms with Crippen molar-refractivity contribution in [1.82, 2.24) is 24.9 Å². The summed E-state index contributed by atoms with van der Waals surface area (Å²) in [6, 6.07) is 5.29. The quantitative estimate of drug-likeness (QED) is 0.772. The van der Waals surface area contributed by atoms with Gasteiger partial charge in [0, 0.05) is 31.4 Å². The second kappa shape index (κ2) is 8.87. The van der Waals surface area contributed by atoms with Crippen molar-refractivity contribution in [3.63, 3.8) is 0 Å². The molecule has 0 bridgehead atoms. The van der Waals surface area contributed by atoms with E-state index in [2.05, 4.69) is 20.4 Å². The summed E-state index contributed by atoms with van der Waals surface area (Å²) in [5.41, 5.74) is 0.462. The van der Waals surface area contributed by atoms with Gasteiger partial charge in [0.15, 0.2) is 0 Å². The van der Waals surface area contributed by atoms with Crippen LogP contribution in [0.25, 0.3) is 11.5 Å². The molecule has 1 aliphatic carbocycles. The lowest BCUT2D eigenvalue weighted by Crippen LogP contribution is -2.59. The van der Waals surface area contributed by atoms with Crippen LogP contribution in [0, 0.1) is 0 Å². The predicted octanol–water partition coefficient (Wildman–Crippen LogP) is 1.05. The number of carbonyl (C=O) groups excluding carboxylic acids is 1. The molecule has 2 aliphatic rings. The molecule has 29 heavy (non-hydrogen) atoms. The van der Waals surface area contributed by atoms with Crippen LogP contribution in [0.3, 0.4) is 0 Å². The summed E-state index contributed by atoms with van der Waals surface area (Å²) in [5, 5.41) is 6.85. The molecular formula is C20H27N5O4. The number of hydrogen-bond donors (Lipinski definition) is 1. The first kappa shape index (κ1) is 19.8. The van der Waals surface area contributed by atoms with Gasteiger partial charge in [-0.15, -0.1) is 0 Å². The predicted molar refractivity (Wildman–Crippen MR) is 105 cm³/mol. The van der Waals surface area contributed by atoms with Crippen LogP contribution in [0.4, 0.5) is 0 Å². The van der Waals surface area contributed by atoms with Crippen molar-refractivity contribution in [3.05, 3.63) is 34.9 Å². The van der Waals surface area contributed by atoms with Crippen LogP contribution in [-0.2, 0) is 16.1 Å². The number of rotatable bonds is 6. The third-order valence-corrected chi connectivity index (χ3v) is 5.96. The van der Waals surface area contributed by atoms with Gasteiger partial charge in [0.1, 0.15) is 12.2 Å². The Morgan fingerprint density at radius 1 is 1.17 bits per heavy atom. The first-order chi connectivity index (χ1) is 14.2. The minimum Gasteiger partial charge on any atom is -0.379 e. The van der Waals surface area contributed by atoms with E-state index >= 15 is 0 Å². The van der Waals surface area contributed by atoms with E-state index in [1.54, 1.807) is 24.4 Å². The molecule has 0 radical (unpaired) electrons. The number of pyridine rings is 1. The van der Waals surface area contributed by atoms with E-state index in [0.717, 1.165) is 39.1 Å². The maximum atomic E-state index is 12.7. The van der Waals surface area contributed by atoms with Crippen LogP contribution >= 0.6 is 0 Å². The van der Waals surface area contributed by atoms with E-state index < -0.39 is 5.76 Å². The van der Waals surface area contributed by atoms with Gasteiger partial charge >= 0.3 is 5.76 Å². The number of aromatic nitrogens is 3. The molecule has 4 rings (SSSR count). The molecule has 1 N–H and O–H groups in total. The Bertz CT molecular complexity index is 866. The molecule has 2 aromatic heterocycles. The first-order valence-electron chi connectivity index (χ1n) is 10.3. The summed E-state index contributed by atoms with van der Waals surface area (Å²) in [7, 11) is 0. The van der Waals surface area contributed by atoms with Gasteiger partial charge < -0.3 is 10.1 Å². The lowest BCUT2D eigenvalue weighted by Gasteiger charge is -2.48. The number of hydrogen-bond acceptors (Lipinski definition) is 7. The zero-order valence-corrected chi connectivity index (χ0v) is 16.5. The van der Waals surface area contributed by atoms with Crippen molar-refractivity contribution in [2.75, 3.05) is 32.8 Å². The molecule has 156 valence electrons. The third-order valence-electron chi connectivity index (χ3n) is 5.96. The Hall–Kier alpha value is -2.52. The van der Waals surface area contributed by atoms with Gasteiger partial charge in [0.05, 0.1) is 13.2 Å². The molecule has 0 aromatic carbocycles. The Morgan fingerprint density at radius 2 is 1.97 bits per heavy atom. The van der Waals surface area contributed by atoms with E-state index in [9.17, 15) is 9.59 Å². The van der Waals surface area contributed by atoms with Gasteiger partial charge in [-0.3, -0.25) is 19.2 Å². The van der Waals surface area contributed by atoms with Gasteiger partial charge in [-0.05, 0) is 25.0 Å². The lowest BCUT2D eigenvalue weighted by molar-refractivity contribution is -0.123. The van der Waals surface area contributed by atoms with Crippen molar-refractivity contribution in [2.24, 2.45) is 0 Å². The monoisotopic (exact) mass is 401 g/mol. The number of ether oxygens (including phenoxy) is 1. The minimum absolute atomic E-state index is 0.0267. The molecular weight excluding hydrogens is 374 g/mol. The number of morpholine rings is 1. The van der Waals surface area contributed by atoms with Crippen LogP contribution in [0.15, 0.2) is 33.7 Å². The smallest absolute Gasteiger partial charge is 0.379 e. The topological polar surface area (TPSA) is 102 Å². The molecule has 1 saturated carbocycles. The van der Waals surface area contributed by atoms with E-state index in [1.807, 2.05) is 0 Å². The average Bonchev–Trinajstić information content (AvgIpc) is 3.14. The standard InChI is InChI=1S/C20H27N5O4/c26-17(14-25-18(23-29-19(25)27)16-6-2-5-9-21-16)22-15-20(7-3-1-4-8-20)24-10-12-28-13-11-24/h2,5-6,9H,1,3-4,7-8,10-15H2,(H,22,26). The van der Waals surface area contributed by atoms with Crippen molar-refractivity contribution in [1.29, 1.82) is 0 Å². The number of nitrogens with one attached hydrogen (secondary N) is 1. The van der Waals surface area contributed by atoms with E-state index in [4.69, 9.17) is 9.26 Å². The molecule has 2 fully saturated rings. The molecule has 1 amide bonds. The van der Waals surface area contributed by atoms with Gasteiger partial charge in [-0.25, -0.2) is 9.36 Å². The van der Waals surface area contributed by atoms with Gasteiger partial charge in [0.2, 0.25) is 11.7 Å². The SMILES string of the molecule is O=C(Cn1c(-c2ccccn2)noc1=O)NCC1(N2CCOCC2)CCCCC1. The Balaban J connectivity index is 1.44. The van der Waals surface area contributed by atoms with Crippen LogP contribution < -0.4 is 11.1 Å². The molecule has 9 heteroatoms. The normalized spacial score (nSPS) is 19.7.